The van der Waals surface area contributed by atoms with E-state index in [0.29, 0.717) is 0 Å². The highest BCUT2D eigenvalue weighted by Crippen LogP contribution is 2.42. The minimum absolute atomic E-state index is 0.104. The molecule has 1 aliphatic rings. The number of carbonyl (C=O) groups excluding carboxylic acids is 2. The lowest BCUT2D eigenvalue weighted by Gasteiger charge is -2.31. The summed E-state index contributed by atoms with van der Waals surface area (Å²) < 4.78 is 0. The summed E-state index contributed by atoms with van der Waals surface area (Å²) >= 11 is 8.37. The quantitative estimate of drug-likeness (QED) is 0.208. The van der Waals surface area contributed by atoms with Gasteiger partial charge < -0.3 is 4.90 Å². The van der Waals surface area contributed by atoms with Crippen molar-refractivity contribution in [3.8, 4) is 0 Å². The number of para-hydroxylation sites is 2. The van der Waals surface area contributed by atoms with Gasteiger partial charge in [0.15, 0.2) is 5.11 Å². The standard InChI is InChI=1S/C24H21N3O2S3/c1-25-22(28)18(23(29)26(2)24(25)30)15-17-13-14-21(32-17)27(16-9-5-4-6-10-16)19-11-7-8-12-20(19)31-3/h4-15H,1-3H3. The number of nitrogens with zero attached hydrogens (tertiary/aromatic N) is 3. The van der Waals surface area contributed by atoms with Gasteiger partial charge in [0.05, 0.1) is 5.69 Å². The molecule has 0 aliphatic carbocycles. The molecule has 0 radical (unpaired) electrons. The van der Waals surface area contributed by atoms with Crippen molar-refractivity contribution in [2.45, 2.75) is 4.90 Å². The fourth-order valence-corrected chi connectivity index (χ4v) is 5.17. The van der Waals surface area contributed by atoms with Gasteiger partial charge in [-0.1, -0.05) is 30.3 Å². The second-order valence-electron chi connectivity index (χ2n) is 7.09. The van der Waals surface area contributed by atoms with Crippen LogP contribution < -0.4 is 4.90 Å². The molecule has 0 bridgehead atoms. The maximum absolute atomic E-state index is 12.7. The summed E-state index contributed by atoms with van der Waals surface area (Å²) in [4.78, 5) is 32.2. The average Bonchev–Trinajstić information content (AvgIpc) is 3.28. The third-order valence-corrected chi connectivity index (χ3v) is 7.45. The number of carbonyl (C=O) groups is 2. The summed E-state index contributed by atoms with van der Waals surface area (Å²) in [5.41, 5.74) is 2.21. The molecule has 0 unspecified atom stereocenters. The van der Waals surface area contributed by atoms with E-state index in [-0.39, 0.29) is 22.5 Å². The maximum atomic E-state index is 12.7. The largest absolute Gasteiger partial charge is 0.301 e. The fraction of sp³-hybridized carbons (Fsp3) is 0.125. The third kappa shape index (κ3) is 4.09. The Kier molecular flexibility index (Phi) is 6.45. The molecule has 8 heteroatoms. The van der Waals surface area contributed by atoms with Crippen LogP contribution in [0.25, 0.3) is 6.08 Å². The molecule has 2 amide bonds. The zero-order valence-corrected chi connectivity index (χ0v) is 20.3. The second kappa shape index (κ2) is 9.28. The van der Waals surface area contributed by atoms with E-state index >= 15 is 0 Å². The monoisotopic (exact) mass is 479 g/mol. The molecule has 32 heavy (non-hydrogen) atoms. The average molecular weight is 480 g/mol. The van der Waals surface area contributed by atoms with Gasteiger partial charge in [-0.2, -0.15) is 0 Å². The van der Waals surface area contributed by atoms with Crippen LogP contribution in [-0.4, -0.2) is 47.1 Å². The van der Waals surface area contributed by atoms with Crippen LogP contribution in [0.3, 0.4) is 0 Å². The molecule has 5 nitrogen and oxygen atoms in total. The molecule has 0 saturated carbocycles. The van der Waals surface area contributed by atoms with Crippen LogP contribution in [0.2, 0.25) is 0 Å². The van der Waals surface area contributed by atoms with E-state index < -0.39 is 0 Å². The first kappa shape index (κ1) is 22.3. The lowest BCUT2D eigenvalue weighted by molar-refractivity contribution is -0.132. The number of thiophene rings is 1. The van der Waals surface area contributed by atoms with Gasteiger partial charge in [0.2, 0.25) is 0 Å². The molecule has 1 fully saturated rings. The van der Waals surface area contributed by atoms with Crippen molar-refractivity contribution in [3.63, 3.8) is 0 Å². The first-order valence-electron chi connectivity index (χ1n) is 9.82. The van der Waals surface area contributed by atoms with Crippen molar-refractivity contribution in [1.29, 1.82) is 0 Å². The summed E-state index contributed by atoms with van der Waals surface area (Å²) in [6.07, 6.45) is 3.71. The Balaban J connectivity index is 1.77. The molecule has 1 saturated heterocycles. The smallest absolute Gasteiger partial charge is 0.265 e. The SMILES string of the molecule is CSc1ccccc1N(c1ccccc1)c1ccc(C=C2C(=O)N(C)C(=S)N(C)C2=O)s1. The van der Waals surface area contributed by atoms with Crippen molar-refractivity contribution in [2.75, 3.05) is 25.3 Å². The number of rotatable bonds is 5. The normalized spacial score (nSPS) is 14.2. The van der Waals surface area contributed by atoms with Gasteiger partial charge in [-0.3, -0.25) is 19.4 Å². The fourth-order valence-electron chi connectivity index (χ4n) is 3.43. The molecule has 3 aromatic rings. The van der Waals surface area contributed by atoms with E-state index in [1.807, 2.05) is 42.5 Å². The van der Waals surface area contributed by atoms with E-state index in [0.717, 1.165) is 26.1 Å². The number of hydrogen-bond donors (Lipinski definition) is 0. The van der Waals surface area contributed by atoms with Gasteiger partial charge in [0, 0.05) is 29.6 Å². The van der Waals surface area contributed by atoms with Crippen LogP contribution >= 0.6 is 35.3 Å². The summed E-state index contributed by atoms with van der Waals surface area (Å²) in [7, 11) is 3.16. The number of hydrogen-bond acceptors (Lipinski definition) is 6. The molecule has 2 heterocycles. The van der Waals surface area contributed by atoms with Crippen molar-refractivity contribution in [3.05, 3.63) is 77.2 Å². The van der Waals surface area contributed by atoms with E-state index in [9.17, 15) is 9.59 Å². The van der Waals surface area contributed by atoms with E-state index in [1.54, 1.807) is 31.9 Å². The maximum Gasteiger partial charge on any atom is 0.265 e. The Morgan fingerprint density at radius 1 is 0.906 bits per heavy atom. The highest BCUT2D eigenvalue weighted by molar-refractivity contribution is 7.98. The lowest BCUT2D eigenvalue weighted by atomic mass is 10.1. The van der Waals surface area contributed by atoms with Gasteiger partial charge in [-0.05, 0) is 60.9 Å². The first-order valence-corrected chi connectivity index (χ1v) is 12.3. The Bertz CT molecular complexity index is 1190. The van der Waals surface area contributed by atoms with Crippen LogP contribution in [0.4, 0.5) is 16.4 Å². The summed E-state index contributed by atoms with van der Waals surface area (Å²) in [6.45, 7) is 0. The molecular weight excluding hydrogens is 458 g/mol. The Morgan fingerprint density at radius 2 is 1.53 bits per heavy atom. The van der Waals surface area contributed by atoms with Crippen LogP contribution in [-0.2, 0) is 9.59 Å². The molecule has 2 aromatic carbocycles. The Hall–Kier alpha value is -2.94. The number of benzene rings is 2. The van der Waals surface area contributed by atoms with Crippen LogP contribution in [0.5, 0.6) is 0 Å². The zero-order valence-electron chi connectivity index (χ0n) is 17.8. The number of anilines is 3. The van der Waals surface area contributed by atoms with Gasteiger partial charge in [0.1, 0.15) is 10.6 Å². The zero-order chi connectivity index (χ0) is 22.8. The van der Waals surface area contributed by atoms with E-state index in [4.69, 9.17) is 12.2 Å². The highest BCUT2D eigenvalue weighted by atomic mass is 32.2. The summed E-state index contributed by atoms with van der Waals surface area (Å²) in [5.74, 6) is -0.776. The van der Waals surface area contributed by atoms with Gasteiger partial charge in [-0.15, -0.1) is 23.1 Å². The lowest BCUT2D eigenvalue weighted by Crippen LogP contribution is -2.52. The molecule has 0 spiro atoms. The molecular formula is C24H21N3O2S3. The molecule has 1 aliphatic heterocycles. The minimum Gasteiger partial charge on any atom is -0.301 e. The number of amides is 2. The van der Waals surface area contributed by atoms with Crippen molar-refractivity contribution >= 4 is 74.7 Å². The summed E-state index contributed by atoms with van der Waals surface area (Å²) in [5, 5.41) is 1.19. The minimum atomic E-state index is -0.388. The van der Waals surface area contributed by atoms with Crippen LogP contribution in [0.15, 0.2) is 77.2 Å². The highest BCUT2D eigenvalue weighted by Gasteiger charge is 2.35. The van der Waals surface area contributed by atoms with Crippen molar-refractivity contribution in [2.24, 2.45) is 0 Å². The third-order valence-electron chi connectivity index (χ3n) is 5.10. The molecule has 162 valence electrons. The van der Waals surface area contributed by atoms with Crippen molar-refractivity contribution in [1.82, 2.24) is 9.80 Å². The topological polar surface area (TPSA) is 43.9 Å². The number of likely N-dealkylation sites (N-methyl/N-ethyl adjacent to an activating group) is 2. The Morgan fingerprint density at radius 3 is 2.19 bits per heavy atom. The van der Waals surface area contributed by atoms with Crippen molar-refractivity contribution < 1.29 is 9.59 Å². The molecule has 1 aromatic heterocycles. The van der Waals surface area contributed by atoms with E-state index in [1.165, 1.54) is 21.1 Å². The van der Waals surface area contributed by atoms with Crippen LogP contribution in [0.1, 0.15) is 4.88 Å². The van der Waals surface area contributed by atoms with Gasteiger partial charge in [0.25, 0.3) is 11.8 Å². The number of thioether (sulfide) groups is 1. The predicted octanol–water partition coefficient (Wildman–Crippen LogP) is 5.54. The van der Waals surface area contributed by atoms with Crippen LogP contribution in [0, 0.1) is 0 Å². The predicted molar refractivity (Wildman–Crippen MR) is 137 cm³/mol. The second-order valence-corrected chi connectivity index (χ2v) is 9.39. The molecule has 0 N–H and O–H groups in total. The number of thiocarbonyl (C=S) groups is 1. The van der Waals surface area contributed by atoms with Gasteiger partial charge >= 0.3 is 0 Å². The molecule has 4 rings (SSSR count). The van der Waals surface area contributed by atoms with Gasteiger partial charge in [-0.25, -0.2) is 0 Å². The summed E-state index contributed by atoms with van der Waals surface area (Å²) in [6, 6.07) is 22.3. The molecule has 0 atom stereocenters. The Labute approximate surface area is 200 Å². The first-order chi connectivity index (χ1) is 15.4. The van der Waals surface area contributed by atoms with E-state index in [2.05, 4.69) is 35.4 Å².